The van der Waals surface area contributed by atoms with Crippen molar-refractivity contribution in [2.24, 2.45) is 5.92 Å². The maximum atomic E-state index is 14.2. The van der Waals surface area contributed by atoms with Crippen molar-refractivity contribution in [3.05, 3.63) is 116 Å². The third kappa shape index (κ3) is 8.63. The number of rotatable bonds is 7. The third-order valence-electron chi connectivity index (χ3n) is 12.2. The molecule has 2 fully saturated rings. The van der Waals surface area contributed by atoms with E-state index in [0.717, 1.165) is 38.0 Å². The predicted molar refractivity (Wildman–Crippen MR) is 220 cm³/mol. The summed E-state index contributed by atoms with van der Waals surface area (Å²) in [6.07, 6.45) is -0.175. The van der Waals surface area contributed by atoms with Gasteiger partial charge in [0.15, 0.2) is 0 Å². The first kappa shape index (κ1) is 44.5. The molecule has 0 unspecified atom stereocenters. The summed E-state index contributed by atoms with van der Waals surface area (Å²) in [5.74, 6) is -0.302. The van der Waals surface area contributed by atoms with Gasteiger partial charge in [-0.1, -0.05) is 6.07 Å². The number of hydrogen-bond acceptors (Lipinski definition) is 8. The molecule has 5 aromatic rings. The van der Waals surface area contributed by atoms with Crippen LogP contribution in [-0.2, 0) is 21.1 Å². The second-order valence-electron chi connectivity index (χ2n) is 15.6. The smallest absolute Gasteiger partial charge is 0.416 e. The van der Waals surface area contributed by atoms with Crippen LogP contribution in [0.1, 0.15) is 83.5 Å². The average molecular weight is 861 g/mol. The van der Waals surface area contributed by atoms with Gasteiger partial charge in [-0.3, -0.25) is 9.36 Å². The fraction of sp³-hybridized carbons (Fsp3) is 0.372. The number of nitrogens with zero attached hydrogens (tertiary/aromatic N) is 6. The predicted octanol–water partition coefficient (Wildman–Crippen LogP) is 7.42. The van der Waals surface area contributed by atoms with E-state index in [1.54, 1.807) is 37.3 Å². The molecule has 0 atom stereocenters. The molecular weight excluding hydrogens is 814 g/mol. The summed E-state index contributed by atoms with van der Waals surface area (Å²) >= 11 is 0. The Labute approximate surface area is 350 Å². The zero-order chi connectivity index (χ0) is 43.3. The second-order valence-corrected chi connectivity index (χ2v) is 17.0. The molecule has 0 bridgehead atoms. The first-order valence-corrected chi connectivity index (χ1v) is 21.0. The van der Waals surface area contributed by atoms with Gasteiger partial charge < -0.3 is 20.9 Å². The number of carbonyl (C=O) groups excluding carboxylic acids is 2. The molecule has 1 saturated carbocycles. The van der Waals surface area contributed by atoms with E-state index < -0.39 is 39.6 Å². The Morgan fingerprint density at radius 1 is 0.885 bits per heavy atom. The number of likely N-dealkylation sites (tertiary alicyclic amines) is 1. The van der Waals surface area contributed by atoms with Crippen molar-refractivity contribution >= 4 is 22.1 Å². The molecule has 18 heteroatoms. The van der Waals surface area contributed by atoms with Gasteiger partial charge in [-0.25, -0.2) is 27.3 Å². The fourth-order valence-electron chi connectivity index (χ4n) is 8.70. The molecule has 0 spiro atoms. The molecule has 2 aliphatic rings. The van der Waals surface area contributed by atoms with Gasteiger partial charge in [0.2, 0.25) is 5.91 Å². The van der Waals surface area contributed by atoms with Gasteiger partial charge in [0, 0.05) is 25.0 Å². The van der Waals surface area contributed by atoms with Gasteiger partial charge in [0.25, 0.3) is 0 Å². The van der Waals surface area contributed by atoms with Gasteiger partial charge in [-0.05, 0) is 149 Å². The summed E-state index contributed by atoms with van der Waals surface area (Å²) in [7, 11) is -4.65. The summed E-state index contributed by atoms with van der Waals surface area (Å²) < 4.78 is 80.8. The van der Waals surface area contributed by atoms with Crippen LogP contribution in [0.3, 0.4) is 0 Å². The van der Waals surface area contributed by atoms with Crippen molar-refractivity contribution in [3.63, 3.8) is 0 Å². The van der Waals surface area contributed by atoms with Gasteiger partial charge in [0.1, 0.15) is 15.8 Å². The molecule has 3 heterocycles. The second kappa shape index (κ2) is 17.1. The zero-order valence-electron chi connectivity index (χ0n) is 34.4. The minimum absolute atomic E-state index is 0. The lowest BCUT2D eigenvalue weighted by Gasteiger charge is -2.37. The number of imidazole rings is 1. The highest BCUT2D eigenvalue weighted by molar-refractivity contribution is 7.85. The van der Waals surface area contributed by atoms with E-state index in [2.05, 4.69) is 10.4 Å². The van der Waals surface area contributed by atoms with E-state index in [-0.39, 0.29) is 45.9 Å². The lowest BCUT2D eigenvalue weighted by molar-refractivity contribution is -0.138. The van der Waals surface area contributed by atoms with Crippen LogP contribution in [0.5, 0.6) is 0 Å². The molecule has 5 N–H and O–H groups in total. The number of halogens is 3. The molecule has 2 aromatic heterocycles. The lowest BCUT2D eigenvalue weighted by atomic mass is 9.82. The largest absolute Gasteiger partial charge is 0.744 e. The normalized spacial score (nSPS) is 17.4. The quantitative estimate of drug-likeness (QED) is 0.157. The Balaban J connectivity index is 0.00000622. The molecule has 0 radical (unpaired) electrons. The van der Waals surface area contributed by atoms with Gasteiger partial charge in [0.05, 0.1) is 51.1 Å². The van der Waals surface area contributed by atoms with Crippen LogP contribution < -0.4 is 17.2 Å². The molecule has 61 heavy (non-hydrogen) atoms. The van der Waals surface area contributed by atoms with E-state index in [1.807, 2.05) is 24.8 Å². The first-order valence-electron chi connectivity index (χ1n) is 19.6. The van der Waals surface area contributed by atoms with Crippen LogP contribution in [0, 0.1) is 44.9 Å². The Morgan fingerprint density at radius 3 is 2.15 bits per heavy atom. The maximum Gasteiger partial charge on any atom is 0.416 e. The van der Waals surface area contributed by atoms with Gasteiger partial charge in [-0.15, -0.1) is 0 Å². The molecule has 3 aromatic carbocycles. The van der Waals surface area contributed by atoms with Crippen molar-refractivity contribution in [3.8, 4) is 28.8 Å². The van der Waals surface area contributed by atoms with Gasteiger partial charge in [-0.2, -0.15) is 23.5 Å². The van der Waals surface area contributed by atoms with Crippen molar-refractivity contribution in [2.45, 2.75) is 89.3 Å². The Bertz CT molecular complexity index is 2700. The first-order chi connectivity index (χ1) is 28.4. The summed E-state index contributed by atoms with van der Waals surface area (Å²) in [5, 5.41) is 16.6. The van der Waals surface area contributed by atoms with Crippen LogP contribution >= 0.6 is 0 Å². The molecule has 1 aliphatic carbocycles. The van der Waals surface area contributed by atoms with Crippen molar-refractivity contribution < 1.29 is 35.7 Å². The highest BCUT2D eigenvalue weighted by Gasteiger charge is 2.35. The maximum absolute atomic E-state index is 14.2. The van der Waals surface area contributed by atoms with Crippen molar-refractivity contribution in [1.29, 1.82) is 5.26 Å². The molecular formula is C43H47F3N8O6S. The van der Waals surface area contributed by atoms with Gasteiger partial charge >= 0.3 is 17.9 Å². The lowest BCUT2D eigenvalue weighted by Crippen LogP contribution is -2.46. The molecule has 2 amide bonds. The number of nitriles is 1. The topological polar surface area (TPSA) is 212 Å². The van der Waals surface area contributed by atoms with Crippen LogP contribution in [0.2, 0.25) is 0 Å². The third-order valence-corrected chi connectivity index (χ3v) is 13.1. The molecule has 7 rings (SSSR count). The number of nitrogens with one attached hydrogen (secondary N) is 1. The number of aromatic nitrogens is 4. The highest BCUT2D eigenvalue weighted by Crippen LogP contribution is 2.37. The fourth-order valence-corrected chi connectivity index (χ4v) is 9.50. The molecule has 1 saturated heterocycles. The minimum Gasteiger partial charge on any atom is -0.744 e. The Kier molecular flexibility index (Phi) is 12.5. The number of hydrogen-bond donors (Lipinski definition) is 2. The summed E-state index contributed by atoms with van der Waals surface area (Å²) in [4.78, 5) is 43.8. The van der Waals surface area contributed by atoms with E-state index in [4.69, 9.17) is 0 Å². The summed E-state index contributed by atoms with van der Waals surface area (Å²) in [5.41, 5.74) is 2.54. The molecule has 14 nitrogen and oxygen atoms in total. The van der Waals surface area contributed by atoms with Crippen LogP contribution in [0.4, 0.5) is 18.0 Å². The van der Waals surface area contributed by atoms with Crippen LogP contribution in [0.25, 0.3) is 22.8 Å². The van der Waals surface area contributed by atoms with Crippen molar-refractivity contribution in [2.75, 3.05) is 13.1 Å². The van der Waals surface area contributed by atoms with Crippen LogP contribution in [-0.4, -0.2) is 67.9 Å². The molecule has 1 aliphatic heterocycles. The van der Waals surface area contributed by atoms with E-state index in [1.165, 1.54) is 36.0 Å². The number of amides is 2. The van der Waals surface area contributed by atoms with E-state index in [0.29, 0.717) is 74.1 Å². The van der Waals surface area contributed by atoms with E-state index in [9.17, 15) is 45.8 Å². The standard InChI is InChI=1S/C43H44F3N7O6S.H3N/c1-25-26(2)36(23-38(27(25)3)60(57,58)59)30-17-20-50(21-18-30)40(54)31-10-12-33(13-11-31)49-41(55)52-39(37-16-19-48-53(37)34-14-8-29(24-47)9-15-34)28(4)51(42(52)56)35-7-5-6-32(22-35)43(44,45)46;/h5-9,14-16,19,22-23,30-31,33H,10-13,17-18,20-21H2,1-4H3,(H,49,55)(H,57,58,59);1H3. The van der Waals surface area contributed by atoms with E-state index >= 15 is 0 Å². The minimum atomic E-state index is -4.68. The Hall–Kier alpha value is -6.03. The molecule has 322 valence electrons. The van der Waals surface area contributed by atoms with Crippen molar-refractivity contribution in [1.82, 2.24) is 35.3 Å². The number of piperidine rings is 1. The summed E-state index contributed by atoms with van der Waals surface area (Å²) in [6, 6.07) is 14.7. The highest BCUT2D eigenvalue weighted by atomic mass is 32.2. The number of carbonyl (C=O) groups is 2. The van der Waals surface area contributed by atoms with Crippen LogP contribution in [0.15, 0.2) is 76.6 Å². The SMILES string of the molecule is Cc1c(C2CCN(C(=O)C3CCC(NC(=O)n4c(-c5ccnn5-c5ccc(C#N)cc5)c(C)n(-c5cccc(C(F)(F)F)c5)c4=O)CC3)CC2)cc(S(=O)(=O)[O-])c(C)c1C.[NH4+]. The summed E-state index contributed by atoms with van der Waals surface area (Å²) in [6.45, 7) is 7.84. The zero-order valence-corrected chi connectivity index (χ0v) is 35.2. The average Bonchev–Trinajstić information content (AvgIpc) is 3.80. The number of alkyl halides is 3. The monoisotopic (exact) mass is 860 g/mol. The Morgan fingerprint density at radius 2 is 1.54 bits per heavy atom. The number of benzene rings is 3. The number of quaternary nitrogens is 1.